The summed E-state index contributed by atoms with van der Waals surface area (Å²) in [7, 11) is 0. The lowest BCUT2D eigenvalue weighted by atomic mass is 9.96. The van der Waals surface area contributed by atoms with Gasteiger partial charge in [-0.1, -0.05) is 29.8 Å². The number of amides is 2. The van der Waals surface area contributed by atoms with Gasteiger partial charge in [-0.15, -0.1) is 0 Å². The fourth-order valence-corrected chi connectivity index (χ4v) is 4.44. The summed E-state index contributed by atoms with van der Waals surface area (Å²) in [6, 6.07) is 8.67. The molecule has 2 amide bonds. The summed E-state index contributed by atoms with van der Waals surface area (Å²) in [5, 5.41) is 3.09. The lowest BCUT2D eigenvalue weighted by molar-refractivity contribution is -0.135. The minimum absolute atomic E-state index is 0.0801. The minimum Gasteiger partial charge on any atom is -0.348 e. The zero-order chi connectivity index (χ0) is 19.7. The third-order valence-electron chi connectivity index (χ3n) is 5.85. The van der Waals surface area contributed by atoms with E-state index in [1.807, 2.05) is 38.1 Å². The molecule has 1 aromatic heterocycles. The second kappa shape index (κ2) is 7.70. The molecule has 0 spiro atoms. The van der Waals surface area contributed by atoms with Crippen LogP contribution in [-0.4, -0.2) is 44.8 Å². The summed E-state index contributed by atoms with van der Waals surface area (Å²) < 4.78 is 0. The minimum atomic E-state index is -0.184. The summed E-state index contributed by atoms with van der Waals surface area (Å²) in [6.45, 7) is 3.89. The summed E-state index contributed by atoms with van der Waals surface area (Å²) >= 11 is 0. The van der Waals surface area contributed by atoms with Crippen molar-refractivity contribution in [3.63, 3.8) is 0 Å². The lowest BCUT2D eigenvalue weighted by Gasteiger charge is -2.39. The van der Waals surface area contributed by atoms with Crippen molar-refractivity contribution in [3.05, 3.63) is 59.2 Å². The molecule has 28 heavy (non-hydrogen) atoms. The van der Waals surface area contributed by atoms with E-state index >= 15 is 0 Å². The average molecular weight is 378 g/mol. The molecule has 1 N–H and O–H groups in total. The van der Waals surface area contributed by atoms with Crippen LogP contribution in [0.1, 0.15) is 53.0 Å². The maximum atomic E-state index is 12.9. The second-order valence-corrected chi connectivity index (χ2v) is 8.03. The molecule has 3 heterocycles. The first-order valence-electron chi connectivity index (χ1n) is 9.96. The molecule has 6 nitrogen and oxygen atoms in total. The van der Waals surface area contributed by atoms with Crippen LogP contribution in [0.5, 0.6) is 0 Å². The summed E-state index contributed by atoms with van der Waals surface area (Å²) in [5.41, 5.74) is 3.39. The summed E-state index contributed by atoms with van der Waals surface area (Å²) in [5.74, 6) is 0.0156. The molecule has 6 heteroatoms. The molecule has 2 saturated heterocycles. The predicted octanol–water partition coefficient (Wildman–Crippen LogP) is 2.59. The second-order valence-electron chi connectivity index (χ2n) is 8.03. The van der Waals surface area contributed by atoms with Crippen molar-refractivity contribution in [1.29, 1.82) is 0 Å². The van der Waals surface area contributed by atoms with Crippen molar-refractivity contribution in [1.82, 2.24) is 20.2 Å². The van der Waals surface area contributed by atoms with E-state index in [0.717, 1.165) is 36.9 Å². The van der Waals surface area contributed by atoms with Crippen LogP contribution in [-0.2, 0) is 11.2 Å². The highest BCUT2D eigenvalue weighted by Gasteiger charge is 2.43. The third-order valence-corrected chi connectivity index (χ3v) is 5.85. The van der Waals surface area contributed by atoms with Crippen molar-refractivity contribution >= 4 is 11.8 Å². The van der Waals surface area contributed by atoms with E-state index in [1.165, 1.54) is 11.8 Å². The number of nitrogens with one attached hydrogen (secondary N) is 1. The van der Waals surface area contributed by atoms with Gasteiger partial charge in [0.15, 0.2) is 0 Å². The van der Waals surface area contributed by atoms with E-state index in [1.54, 1.807) is 6.20 Å². The van der Waals surface area contributed by atoms with Crippen LogP contribution in [0.15, 0.2) is 36.7 Å². The van der Waals surface area contributed by atoms with Crippen molar-refractivity contribution < 1.29 is 9.59 Å². The number of hydrogen-bond acceptors (Lipinski definition) is 4. The summed E-state index contributed by atoms with van der Waals surface area (Å²) in [6.07, 6.45) is 7.21. The van der Waals surface area contributed by atoms with Crippen LogP contribution < -0.4 is 5.32 Å². The normalized spacial score (nSPS) is 23.5. The zero-order valence-electron chi connectivity index (χ0n) is 16.4. The van der Waals surface area contributed by atoms with Gasteiger partial charge in [0.05, 0.1) is 18.3 Å². The number of fused-ring (bicyclic) bond motifs is 2. The molecule has 2 aromatic rings. The first-order valence-corrected chi connectivity index (χ1v) is 9.96. The lowest BCUT2D eigenvalue weighted by Crippen LogP contribution is -2.52. The molecule has 4 rings (SSSR count). The fourth-order valence-electron chi connectivity index (χ4n) is 4.44. The molecule has 0 aliphatic carbocycles. The Bertz CT molecular complexity index is 849. The van der Waals surface area contributed by atoms with Gasteiger partial charge in [0.1, 0.15) is 5.69 Å². The van der Waals surface area contributed by atoms with Gasteiger partial charge in [-0.2, -0.15) is 0 Å². The Balaban J connectivity index is 1.37. The number of piperidine rings is 1. The van der Waals surface area contributed by atoms with Gasteiger partial charge < -0.3 is 10.2 Å². The van der Waals surface area contributed by atoms with Gasteiger partial charge in [-0.05, 0) is 45.1 Å². The Morgan fingerprint density at radius 2 is 1.71 bits per heavy atom. The van der Waals surface area contributed by atoms with Gasteiger partial charge in [0.25, 0.3) is 5.91 Å². The van der Waals surface area contributed by atoms with Crippen LogP contribution in [0.4, 0.5) is 0 Å². The largest absolute Gasteiger partial charge is 0.348 e. The van der Waals surface area contributed by atoms with Crippen molar-refractivity contribution in [2.24, 2.45) is 0 Å². The standard InChI is InChI=1S/C22H26N4O2/c1-14-3-5-16(6-4-14)9-21(27)26-18-7-8-19(26)11-17(10-18)25-22(28)20-13-23-15(2)12-24-20/h3-6,12-13,17-19H,7-11H2,1-2H3,(H,25,28)/t17?,18-,19+. The average Bonchev–Trinajstić information content (AvgIpc) is 2.95. The fraction of sp³-hybridized carbons (Fsp3) is 0.455. The van der Waals surface area contributed by atoms with Crippen LogP contribution >= 0.6 is 0 Å². The molecular formula is C22H26N4O2. The monoisotopic (exact) mass is 378 g/mol. The maximum absolute atomic E-state index is 12.9. The number of aryl methyl sites for hydroxylation is 2. The summed E-state index contributed by atoms with van der Waals surface area (Å²) in [4.78, 5) is 35.7. The number of rotatable bonds is 4. The third kappa shape index (κ3) is 3.91. The molecule has 0 saturated carbocycles. The molecule has 0 radical (unpaired) electrons. The van der Waals surface area contributed by atoms with Gasteiger partial charge in [0.2, 0.25) is 5.91 Å². The van der Waals surface area contributed by atoms with E-state index in [0.29, 0.717) is 12.1 Å². The number of aromatic nitrogens is 2. The topological polar surface area (TPSA) is 75.2 Å². The number of carbonyl (C=O) groups is 2. The van der Waals surface area contributed by atoms with Gasteiger partial charge >= 0.3 is 0 Å². The van der Waals surface area contributed by atoms with Crippen LogP contribution in [0, 0.1) is 13.8 Å². The van der Waals surface area contributed by atoms with Crippen molar-refractivity contribution in [2.45, 2.75) is 64.1 Å². The van der Waals surface area contributed by atoms with Gasteiger partial charge in [-0.25, -0.2) is 4.98 Å². The SMILES string of the molecule is Cc1ccc(CC(=O)N2[C@@H]3CC[C@H]2CC(NC(=O)c2cnc(C)cn2)C3)cc1. The quantitative estimate of drug-likeness (QED) is 0.887. The number of hydrogen-bond donors (Lipinski definition) is 1. The van der Waals surface area contributed by atoms with E-state index in [-0.39, 0.29) is 29.9 Å². The van der Waals surface area contributed by atoms with Crippen LogP contribution in [0.3, 0.4) is 0 Å². The highest BCUT2D eigenvalue weighted by molar-refractivity contribution is 5.92. The molecule has 146 valence electrons. The van der Waals surface area contributed by atoms with Gasteiger partial charge in [0, 0.05) is 24.3 Å². The van der Waals surface area contributed by atoms with Crippen LogP contribution in [0.2, 0.25) is 0 Å². The molecule has 1 unspecified atom stereocenters. The first kappa shape index (κ1) is 18.6. The molecule has 2 aliphatic heterocycles. The molecular weight excluding hydrogens is 352 g/mol. The van der Waals surface area contributed by atoms with E-state index in [4.69, 9.17) is 0 Å². The highest BCUT2D eigenvalue weighted by atomic mass is 16.2. The van der Waals surface area contributed by atoms with E-state index in [9.17, 15) is 9.59 Å². The Morgan fingerprint density at radius 3 is 2.32 bits per heavy atom. The Labute approximate surface area is 165 Å². The Kier molecular flexibility index (Phi) is 5.11. The molecule has 2 bridgehead atoms. The van der Waals surface area contributed by atoms with Crippen molar-refractivity contribution in [3.8, 4) is 0 Å². The first-order chi connectivity index (χ1) is 13.5. The number of carbonyl (C=O) groups excluding carboxylic acids is 2. The number of benzene rings is 1. The Hall–Kier alpha value is -2.76. The molecule has 1 aromatic carbocycles. The van der Waals surface area contributed by atoms with Crippen molar-refractivity contribution in [2.75, 3.05) is 0 Å². The Morgan fingerprint density at radius 1 is 1.04 bits per heavy atom. The molecule has 2 aliphatic rings. The maximum Gasteiger partial charge on any atom is 0.271 e. The van der Waals surface area contributed by atoms with E-state index in [2.05, 4.69) is 20.2 Å². The van der Waals surface area contributed by atoms with Gasteiger partial charge in [-0.3, -0.25) is 14.6 Å². The molecule has 2 fully saturated rings. The number of nitrogens with zero attached hydrogens (tertiary/aromatic N) is 3. The smallest absolute Gasteiger partial charge is 0.271 e. The predicted molar refractivity (Wildman–Crippen MR) is 106 cm³/mol. The highest BCUT2D eigenvalue weighted by Crippen LogP contribution is 2.36. The molecule has 3 atom stereocenters. The zero-order valence-corrected chi connectivity index (χ0v) is 16.4. The van der Waals surface area contributed by atoms with E-state index < -0.39 is 0 Å². The van der Waals surface area contributed by atoms with Crippen LogP contribution in [0.25, 0.3) is 0 Å².